The first-order valence-corrected chi connectivity index (χ1v) is 12.8. The maximum absolute atomic E-state index is 13.1. The summed E-state index contributed by atoms with van der Waals surface area (Å²) >= 11 is 0. The van der Waals surface area contributed by atoms with Crippen LogP contribution < -0.4 is 20.1 Å². The molecular weight excluding hydrogens is 482 g/mol. The molecule has 1 aliphatic heterocycles. The smallest absolute Gasteiger partial charge is 0.163 e. The largest absolute Gasteiger partial charge is 0.493 e. The van der Waals surface area contributed by atoms with Crippen LogP contribution in [0.1, 0.15) is 53.9 Å². The summed E-state index contributed by atoms with van der Waals surface area (Å²) in [5.41, 5.74) is 10.4. The lowest BCUT2D eigenvalue weighted by atomic mass is 9.88. The Morgan fingerprint density at radius 1 is 1.18 bits per heavy atom. The van der Waals surface area contributed by atoms with Crippen LogP contribution in [0.2, 0.25) is 0 Å². The Balaban J connectivity index is 1.63. The number of anilines is 1. The number of hydrogen-bond acceptors (Lipinski definition) is 8. The van der Waals surface area contributed by atoms with E-state index >= 15 is 0 Å². The number of benzene rings is 2. The maximum Gasteiger partial charge on any atom is 0.163 e. The van der Waals surface area contributed by atoms with Gasteiger partial charge in [-0.15, -0.1) is 0 Å². The quantitative estimate of drug-likeness (QED) is 0.345. The molecule has 2 heterocycles. The van der Waals surface area contributed by atoms with Crippen LogP contribution in [0.25, 0.3) is 11.3 Å². The van der Waals surface area contributed by atoms with E-state index in [1.165, 1.54) is 7.11 Å². The Labute approximate surface area is 224 Å². The van der Waals surface area contributed by atoms with E-state index in [4.69, 9.17) is 25.3 Å². The van der Waals surface area contributed by atoms with Gasteiger partial charge in [-0.1, -0.05) is 29.8 Å². The van der Waals surface area contributed by atoms with Crippen LogP contribution in [0.4, 0.5) is 5.69 Å². The third-order valence-corrected chi connectivity index (χ3v) is 7.11. The van der Waals surface area contributed by atoms with Crippen LogP contribution in [-0.2, 0) is 11.1 Å². The summed E-state index contributed by atoms with van der Waals surface area (Å²) in [5, 5.41) is 20.6. The number of carbonyl (C=O) groups excluding carboxylic acids is 1. The number of aryl methyl sites for hydroxylation is 1. The van der Waals surface area contributed by atoms with Crippen molar-refractivity contribution in [3.8, 4) is 22.8 Å². The molecule has 4 N–H and O–H groups in total. The number of likely N-dealkylation sites (N-methyl/N-ethyl adjacent to an activating group) is 1. The number of aromatic nitrogens is 1. The number of rotatable bonds is 10. The molecule has 8 nitrogen and oxygen atoms in total. The van der Waals surface area contributed by atoms with Crippen molar-refractivity contribution in [2.24, 2.45) is 5.73 Å². The number of hydrogen-bond donors (Lipinski definition) is 3. The average Bonchev–Trinajstić information content (AvgIpc) is 3.13. The van der Waals surface area contributed by atoms with Gasteiger partial charge in [0.2, 0.25) is 0 Å². The number of fused-ring (bicyclic) bond motifs is 1. The van der Waals surface area contributed by atoms with Crippen molar-refractivity contribution < 1.29 is 24.5 Å². The third kappa shape index (κ3) is 5.53. The van der Waals surface area contributed by atoms with Crippen LogP contribution in [0.15, 0.2) is 48.5 Å². The topological polar surface area (TPSA) is 118 Å². The molecule has 0 radical (unpaired) electrons. The van der Waals surface area contributed by atoms with Crippen LogP contribution in [0.3, 0.4) is 0 Å². The summed E-state index contributed by atoms with van der Waals surface area (Å²) < 4.78 is 10.8. The van der Waals surface area contributed by atoms with Gasteiger partial charge in [0.25, 0.3) is 0 Å². The molecule has 3 aromatic rings. The molecule has 2 aromatic carbocycles. The number of Topliss-reactive ketones (excluding diaryl/α,β-unsaturated/α-hetero) is 1. The lowest BCUT2D eigenvalue weighted by Gasteiger charge is -2.26. The van der Waals surface area contributed by atoms with Gasteiger partial charge in [0, 0.05) is 36.7 Å². The van der Waals surface area contributed by atoms with Crippen LogP contribution in [-0.4, -0.2) is 54.9 Å². The Kier molecular flexibility index (Phi) is 7.78. The predicted molar refractivity (Wildman–Crippen MR) is 148 cm³/mol. The fourth-order valence-corrected chi connectivity index (χ4v) is 4.95. The highest BCUT2D eigenvalue weighted by molar-refractivity contribution is 5.96. The summed E-state index contributed by atoms with van der Waals surface area (Å²) in [6.07, 6.45) is 0.276. The molecule has 2 atom stereocenters. The van der Waals surface area contributed by atoms with Crippen molar-refractivity contribution in [2.75, 3.05) is 38.8 Å². The minimum Gasteiger partial charge on any atom is -0.493 e. The molecule has 8 heteroatoms. The normalized spacial score (nSPS) is 18.2. The van der Waals surface area contributed by atoms with Gasteiger partial charge in [-0.25, -0.2) is 4.98 Å². The zero-order chi connectivity index (χ0) is 27.7. The fourth-order valence-electron chi connectivity index (χ4n) is 4.95. The molecule has 2 unspecified atom stereocenters. The van der Waals surface area contributed by atoms with Gasteiger partial charge < -0.3 is 30.3 Å². The number of carbonyl (C=O) groups is 1. The summed E-state index contributed by atoms with van der Waals surface area (Å²) in [5.74, 6) is 0.719. The van der Waals surface area contributed by atoms with E-state index in [1.807, 2.05) is 51.2 Å². The van der Waals surface area contributed by atoms with E-state index in [2.05, 4.69) is 4.90 Å². The van der Waals surface area contributed by atoms with Crippen molar-refractivity contribution in [1.82, 2.24) is 4.98 Å². The molecule has 0 aliphatic carbocycles. The summed E-state index contributed by atoms with van der Waals surface area (Å²) in [4.78, 5) is 20.1. The molecule has 202 valence electrons. The van der Waals surface area contributed by atoms with Gasteiger partial charge in [-0.2, -0.15) is 0 Å². The molecule has 0 fully saturated rings. The van der Waals surface area contributed by atoms with Crippen molar-refractivity contribution >= 4 is 11.5 Å². The van der Waals surface area contributed by atoms with Crippen molar-refractivity contribution in [1.29, 1.82) is 0 Å². The number of methoxy groups -OCH3 is 1. The molecule has 0 bridgehead atoms. The van der Waals surface area contributed by atoms with Gasteiger partial charge in [0.15, 0.2) is 17.3 Å². The Bertz CT molecular complexity index is 1320. The second-order valence-electron chi connectivity index (χ2n) is 10.5. The number of nitrogens with two attached hydrogens (primary N) is 1. The number of pyridine rings is 1. The average molecular weight is 520 g/mol. The van der Waals surface area contributed by atoms with E-state index < -0.39 is 11.1 Å². The fraction of sp³-hybridized carbons (Fsp3) is 0.400. The van der Waals surface area contributed by atoms with E-state index in [-0.39, 0.29) is 31.8 Å². The second-order valence-corrected chi connectivity index (χ2v) is 10.5. The SMILES string of the molecule is COc1cc(C(=O)CCC(C)(O)c2cc3c(c(-c4ccc(C)cc4)n2)N(C)CC3(C)N)ccc1OCCO. The molecule has 0 spiro atoms. The van der Waals surface area contributed by atoms with Crippen LogP contribution in [0, 0.1) is 6.92 Å². The Morgan fingerprint density at radius 3 is 2.55 bits per heavy atom. The minimum absolute atomic E-state index is 0.103. The van der Waals surface area contributed by atoms with Crippen LogP contribution >= 0.6 is 0 Å². The molecule has 1 aliphatic rings. The molecule has 0 saturated heterocycles. The number of ketones is 1. The first-order chi connectivity index (χ1) is 18.0. The minimum atomic E-state index is -1.37. The molecule has 4 rings (SSSR count). The molecular formula is C30H37N3O5. The van der Waals surface area contributed by atoms with E-state index in [0.717, 1.165) is 28.1 Å². The van der Waals surface area contributed by atoms with E-state index in [1.54, 1.807) is 25.1 Å². The monoisotopic (exact) mass is 519 g/mol. The number of ether oxygens (including phenoxy) is 2. The molecule has 0 saturated carbocycles. The second kappa shape index (κ2) is 10.7. The first kappa shape index (κ1) is 27.6. The van der Waals surface area contributed by atoms with Crippen LogP contribution in [0.5, 0.6) is 11.5 Å². The highest BCUT2D eigenvalue weighted by Gasteiger charge is 2.39. The highest BCUT2D eigenvalue weighted by Crippen LogP contribution is 2.44. The zero-order valence-corrected chi connectivity index (χ0v) is 22.7. The van der Waals surface area contributed by atoms with Gasteiger partial charge in [-0.3, -0.25) is 4.79 Å². The molecule has 0 amide bonds. The Morgan fingerprint density at radius 2 is 1.89 bits per heavy atom. The lowest BCUT2D eigenvalue weighted by Crippen LogP contribution is -2.37. The summed E-state index contributed by atoms with van der Waals surface area (Å²) in [7, 11) is 3.50. The van der Waals surface area contributed by atoms with Gasteiger partial charge in [0.05, 0.1) is 36.3 Å². The predicted octanol–water partition coefficient (Wildman–Crippen LogP) is 3.93. The summed E-state index contributed by atoms with van der Waals surface area (Å²) in [6, 6.07) is 14.9. The zero-order valence-electron chi connectivity index (χ0n) is 22.7. The molecule has 1 aromatic heterocycles. The molecule has 38 heavy (non-hydrogen) atoms. The first-order valence-electron chi connectivity index (χ1n) is 12.8. The van der Waals surface area contributed by atoms with E-state index in [0.29, 0.717) is 29.3 Å². The lowest BCUT2D eigenvalue weighted by molar-refractivity contribution is 0.0397. The van der Waals surface area contributed by atoms with Gasteiger partial charge in [-0.05, 0) is 51.5 Å². The summed E-state index contributed by atoms with van der Waals surface area (Å²) in [6.45, 7) is 6.34. The van der Waals surface area contributed by atoms with E-state index in [9.17, 15) is 9.90 Å². The highest BCUT2D eigenvalue weighted by atomic mass is 16.5. The third-order valence-electron chi connectivity index (χ3n) is 7.11. The number of aliphatic hydroxyl groups is 2. The number of aliphatic hydroxyl groups excluding tert-OH is 1. The van der Waals surface area contributed by atoms with Crippen molar-refractivity contribution in [2.45, 2.75) is 44.8 Å². The maximum atomic E-state index is 13.1. The number of nitrogens with zero attached hydrogens (tertiary/aromatic N) is 2. The van der Waals surface area contributed by atoms with Crippen molar-refractivity contribution in [3.05, 3.63) is 70.9 Å². The standard InChI is InChI=1S/C30H37N3O5/c1-19-6-8-20(9-7-19)27-28-22(29(2,31)18-33(28)4)17-26(32-27)30(3,36)13-12-23(35)21-10-11-24(38-15-14-34)25(16-21)37-5/h6-11,16-17,34,36H,12-15,18,31H2,1-5H3. The van der Waals surface area contributed by atoms with Gasteiger partial charge >= 0.3 is 0 Å². The van der Waals surface area contributed by atoms with Crippen molar-refractivity contribution in [3.63, 3.8) is 0 Å². The van der Waals surface area contributed by atoms with Gasteiger partial charge in [0.1, 0.15) is 12.2 Å². The Hall–Kier alpha value is -3.46.